The maximum Gasteiger partial charge on any atom is 0.449 e. The van der Waals surface area contributed by atoms with Crippen LogP contribution in [0.4, 0.5) is 13.2 Å². The fourth-order valence-electron chi connectivity index (χ4n) is 5.07. The largest absolute Gasteiger partial charge is 0.496 e. The van der Waals surface area contributed by atoms with Crippen LogP contribution in [-0.2, 0) is 40.4 Å². The van der Waals surface area contributed by atoms with Gasteiger partial charge in [-0.1, -0.05) is 66.7 Å². The molecule has 0 radical (unpaired) electrons. The number of sulfone groups is 1. The highest BCUT2D eigenvalue weighted by Crippen LogP contribution is 2.33. The normalized spacial score (nSPS) is 12.1. The monoisotopic (exact) mass is 623 g/mol. The van der Waals surface area contributed by atoms with Gasteiger partial charge >= 0.3 is 12.1 Å². The highest BCUT2D eigenvalue weighted by Gasteiger charge is 2.35. The number of nitrogens with zero attached hydrogens (tertiary/aromatic N) is 1. The molecule has 1 N–H and O–H groups in total. The topological polar surface area (TPSA) is 97.0 Å². The van der Waals surface area contributed by atoms with Crippen molar-refractivity contribution >= 4 is 26.6 Å². The average molecular weight is 624 g/mol. The minimum absolute atomic E-state index is 0.0895. The lowest BCUT2D eigenvalue weighted by molar-refractivity contribution is -0.153. The van der Waals surface area contributed by atoms with E-state index >= 15 is 0 Å². The summed E-state index contributed by atoms with van der Waals surface area (Å²) in [4.78, 5) is 12.9. The molecule has 11 heteroatoms. The first-order chi connectivity index (χ1) is 20.9. The number of carboxylic acid groups (broad SMARTS) is 1. The van der Waals surface area contributed by atoms with Gasteiger partial charge in [0.25, 0.3) is 0 Å². The van der Waals surface area contributed by atoms with Crippen LogP contribution in [0.15, 0.2) is 106 Å². The van der Waals surface area contributed by atoms with E-state index in [1.54, 1.807) is 19.2 Å². The van der Waals surface area contributed by atoms with E-state index in [2.05, 4.69) is 0 Å². The Kier molecular flexibility index (Phi) is 8.80. The van der Waals surface area contributed by atoms with Crippen molar-refractivity contribution < 1.29 is 40.6 Å². The highest BCUT2D eigenvalue weighted by molar-refractivity contribution is 7.92. The van der Waals surface area contributed by atoms with Crippen LogP contribution < -0.4 is 4.74 Å². The molecular weight excluding hydrogens is 595 g/mol. The summed E-state index contributed by atoms with van der Waals surface area (Å²) in [6, 6.07) is 27.2. The molecule has 44 heavy (non-hydrogen) atoms. The molecule has 4 aromatic carbocycles. The fourth-order valence-corrected chi connectivity index (χ4v) is 6.16. The predicted octanol–water partition coefficient (Wildman–Crippen LogP) is 7.19. The van der Waals surface area contributed by atoms with Crippen LogP contribution in [0.3, 0.4) is 0 Å². The summed E-state index contributed by atoms with van der Waals surface area (Å²) in [5.74, 6) is -2.70. The molecule has 0 atom stereocenters. The molecule has 228 valence electrons. The van der Waals surface area contributed by atoms with E-state index in [-0.39, 0.29) is 17.2 Å². The van der Waals surface area contributed by atoms with Crippen LogP contribution in [0.5, 0.6) is 5.75 Å². The Bertz CT molecular complexity index is 1900. The number of carboxylic acids is 1. The summed E-state index contributed by atoms with van der Waals surface area (Å²) in [7, 11) is -2.43. The molecule has 1 aromatic heterocycles. The van der Waals surface area contributed by atoms with Gasteiger partial charge in [0, 0.05) is 18.7 Å². The molecule has 1 heterocycles. The van der Waals surface area contributed by atoms with E-state index in [4.69, 9.17) is 14.3 Å². The van der Waals surface area contributed by atoms with Gasteiger partial charge in [-0.05, 0) is 57.8 Å². The third kappa shape index (κ3) is 7.12. The fraction of sp³-hybridized carbons (Fsp3) is 0.182. The molecule has 0 unspecified atom stereocenters. The first-order valence-electron chi connectivity index (χ1n) is 13.5. The predicted molar refractivity (Wildman–Crippen MR) is 159 cm³/mol. The Hall–Kier alpha value is -4.61. The molecule has 0 saturated carbocycles. The average Bonchev–Trinajstić information content (AvgIpc) is 3.46. The lowest BCUT2D eigenvalue weighted by Gasteiger charge is -2.24. The number of hydrogen-bond donors (Lipinski definition) is 1. The third-order valence-corrected chi connectivity index (χ3v) is 8.72. The Morgan fingerprint density at radius 1 is 0.864 bits per heavy atom. The zero-order valence-electron chi connectivity index (χ0n) is 23.5. The Balaban J connectivity index is 1.44. The second-order valence-corrected chi connectivity index (χ2v) is 12.2. The van der Waals surface area contributed by atoms with Crippen LogP contribution >= 0.6 is 0 Å². The van der Waals surface area contributed by atoms with Crippen LogP contribution in [-0.4, -0.2) is 37.3 Å². The van der Waals surface area contributed by atoms with E-state index in [0.29, 0.717) is 30.0 Å². The minimum atomic E-state index is -4.60. The summed E-state index contributed by atoms with van der Waals surface area (Å²) in [5, 5.41) is 10.9. The summed E-state index contributed by atoms with van der Waals surface area (Å²) < 4.78 is 75.4. The number of aliphatic carboxylic acids is 1. The van der Waals surface area contributed by atoms with Gasteiger partial charge in [0.05, 0.1) is 18.6 Å². The summed E-state index contributed by atoms with van der Waals surface area (Å²) in [6.45, 7) is 0.785. The number of benzene rings is 4. The summed E-state index contributed by atoms with van der Waals surface area (Å²) in [5.41, 5.74) is 3.04. The van der Waals surface area contributed by atoms with Crippen molar-refractivity contribution in [3.05, 3.63) is 120 Å². The summed E-state index contributed by atoms with van der Waals surface area (Å²) in [6.07, 6.45) is -4.60. The zero-order valence-corrected chi connectivity index (χ0v) is 24.4. The van der Waals surface area contributed by atoms with Gasteiger partial charge in [0.1, 0.15) is 11.5 Å². The molecule has 0 fully saturated rings. The van der Waals surface area contributed by atoms with Gasteiger partial charge in [0.15, 0.2) is 15.6 Å². The van der Waals surface area contributed by atoms with Crippen LogP contribution in [0.25, 0.3) is 21.9 Å². The number of furan rings is 1. The first-order valence-corrected chi connectivity index (χ1v) is 15.1. The molecule has 0 spiro atoms. The van der Waals surface area contributed by atoms with E-state index in [0.717, 1.165) is 28.0 Å². The molecule has 5 aromatic rings. The molecule has 0 aliphatic heterocycles. The van der Waals surface area contributed by atoms with Gasteiger partial charge in [0.2, 0.25) is 5.76 Å². The maximum atomic E-state index is 13.2. The number of ether oxygens (including phenoxy) is 1. The molecule has 7 nitrogen and oxygen atoms in total. The van der Waals surface area contributed by atoms with Gasteiger partial charge in [-0.3, -0.25) is 9.69 Å². The van der Waals surface area contributed by atoms with E-state index in [1.165, 1.54) is 18.2 Å². The molecule has 0 aliphatic carbocycles. The molecule has 0 bridgehead atoms. The number of methoxy groups -OCH3 is 1. The number of rotatable bonds is 11. The van der Waals surface area contributed by atoms with Crippen molar-refractivity contribution in [2.45, 2.75) is 30.7 Å². The van der Waals surface area contributed by atoms with Crippen molar-refractivity contribution in [1.82, 2.24) is 4.90 Å². The number of halogens is 3. The molecule has 0 amide bonds. The Morgan fingerprint density at radius 3 is 2.30 bits per heavy atom. The van der Waals surface area contributed by atoms with Crippen molar-refractivity contribution in [3.63, 3.8) is 0 Å². The molecular formula is C33H28F3NO6S. The van der Waals surface area contributed by atoms with Crippen molar-refractivity contribution in [3.8, 4) is 16.9 Å². The van der Waals surface area contributed by atoms with Gasteiger partial charge < -0.3 is 14.3 Å². The van der Waals surface area contributed by atoms with Crippen molar-refractivity contribution in [2.75, 3.05) is 12.9 Å². The Morgan fingerprint density at radius 2 is 1.61 bits per heavy atom. The molecule has 0 saturated heterocycles. The number of alkyl halides is 3. The number of carbonyl (C=O) groups is 1. The van der Waals surface area contributed by atoms with E-state index in [1.807, 2.05) is 65.6 Å². The van der Waals surface area contributed by atoms with E-state index < -0.39 is 33.5 Å². The van der Waals surface area contributed by atoms with Gasteiger partial charge in [-0.2, -0.15) is 13.2 Å². The van der Waals surface area contributed by atoms with Crippen molar-refractivity contribution in [2.24, 2.45) is 0 Å². The molecule has 5 rings (SSSR count). The highest BCUT2D eigenvalue weighted by atomic mass is 32.2. The smallest absolute Gasteiger partial charge is 0.449 e. The van der Waals surface area contributed by atoms with Crippen LogP contribution in [0.2, 0.25) is 0 Å². The van der Waals surface area contributed by atoms with Gasteiger partial charge in [-0.15, -0.1) is 0 Å². The minimum Gasteiger partial charge on any atom is -0.496 e. The zero-order chi connectivity index (χ0) is 31.5. The lowest BCUT2D eigenvalue weighted by Crippen LogP contribution is -2.22. The standard InChI is InChI=1S/C33H28F3NO6S/c1-42-30-15-13-24-5-2-3-8-28(24)29(30)20-37(19-26-14-16-31(43-26)33(34,35)36)18-22-9-11-23(12-10-22)25-6-4-7-27(17-25)44(40,41)21-32(38)39/h2-17H,18-21H2,1H3,(H,38,39). The SMILES string of the molecule is COc1ccc2ccccc2c1CN(Cc1ccc(-c2cccc(S(=O)(=O)CC(=O)O)c2)cc1)Cc1ccc(C(F)(F)F)o1. The van der Waals surface area contributed by atoms with Crippen LogP contribution in [0.1, 0.15) is 22.6 Å². The lowest BCUT2D eigenvalue weighted by atomic mass is 10.0. The molecule has 0 aliphatic rings. The van der Waals surface area contributed by atoms with E-state index in [9.17, 15) is 26.4 Å². The third-order valence-electron chi connectivity index (χ3n) is 7.12. The first kappa shape index (κ1) is 30.8. The second kappa shape index (κ2) is 12.6. The number of fused-ring (bicyclic) bond motifs is 1. The summed E-state index contributed by atoms with van der Waals surface area (Å²) >= 11 is 0. The Labute approximate surface area is 252 Å². The second-order valence-electron chi connectivity index (χ2n) is 10.3. The van der Waals surface area contributed by atoms with Gasteiger partial charge in [-0.25, -0.2) is 8.42 Å². The number of hydrogen-bond acceptors (Lipinski definition) is 6. The quantitative estimate of drug-likeness (QED) is 0.166. The van der Waals surface area contributed by atoms with Crippen LogP contribution in [0, 0.1) is 0 Å². The van der Waals surface area contributed by atoms with Crippen molar-refractivity contribution in [1.29, 1.82) is 0 Å². The maximum absolute atomic E-state index is 13.2.